The van der Waals surface area contributed by atoms with Crippen LogP contribution in [0.15, 0.2) is 0 Å². The van der Waals surface area contributed by atoms with Crippen LogP contribution in [-0.4, -0.2) is 36.3 Å². The molecule has 16 heteroatoms. The fraction of sp³-hybridized carbons (Fsp3) is 0.875. The second-order valence-electron chi connectivity index (χ2n) is 4.06. The molecule has 0 fully saturated rings. The summed E-state index contributed by atoms with van der Waals surface area (Å²) in [6, 6.07) is -0.350. The lowest BCUT2D eigenvalue weighted by atomic mass is 9.96. The fourth-order valence-corrected chi connectivity index (χ4v) is 3.00. The van der Waals surface area contributed by atoms with Gasteiger partial charge in [-0.2, -0.15) is 40.4 Å². The zero-order valence-corrected chi connectivity index (χ0v) is 16.5. The van der Waals surface area contributed by atoms with E-state index < -0.39 is 36.3 Å². The van der Waals surface area contributed by atoms with E-state index in [-0.39, 0.29) is 6.07 Å². The minimum absolute atomic E-state index is 0.350. The summed E-state index contributed by atoms with van der Waals surface area (Å²) in [5.41, 5.74) is 0. The van der Waals surface area contributed by atoms with Crippen molar-refractivity contribution in [2.24, 2.45) is 0 Å². The van der Waals surface area contributed by atoms with Crippen LogP contribution in [0.2, 0.25) is 0 Å². The number of nitrogens with zero attached hydrogens (tertiary/aromatic N) is 1. The molecule has 0 aliphatic carbocycles. The van der Waals surface area contributed by atoms with E-state index in [2.05, 4.69) is 0 Å². The Balaban J connectivity index is 6.48. The highest BCUT2D eigenvalue weighted by atomic mass is 79.9. The largest absolute Gasteiger partial charge is 0.381 e. The molecule has 0 heterocycles. The van der Waals surface area contributed by atoms with E-state index in [0.29, 0.717) is 0 Å². The van der Waals surface area contributed by atoms with E-state index in [9.17, 15) is 48.3 Å². The van der Waals surface area contributed by atoms with Crippen LogP contribution in [0.4, 0.5) is 48.3 Å². The fourth-order valence-electron chi connectivity index (χ4n) is 1.04. The zero-order chi connectivity index (χ0) is 20.2. The molecule has 24 heavy (non-hydrogen) atoms. The molecule has 0 aliphatic heterocycles. The van der Waals surface area contributed by atoms with Crippen molar-refractivity contribution in [1.29, 1.82) is 5.26 Å². The molecule has 0 aromatic heterocycles. The first-order valence-electron chi connectivity index (χ1n) is 4.81. The Morgan fingerprint density at radius 2 is 0.833 bits per heavy atom. The van der Waals surface area contributed by atoms with Crippen molar-refractivity contribution >= 4 is 63.7 Å². The maximum atomic E-state index is 13.9. The Hall–Kier alpha value is 0.640. The van der Waals surface area contributed by atoms with Gasteiger partial charge in [-0.05, 0) is 63.7 Å². The smallest absolute Gasteiger partial charge is 0.217 e. The Labute approximate surface area is 159 Å². The average Bonchev–Trinajstić information content (AvgIpc) is 2.36. The van der Waals surface area contributed by atoms with Gasteiger partial charge in [-0.15, -0.1) is 0 Å². The van der Waals surface area contributed by atoms with Gasteiger partial charge in [0.25, 0.3) is 4.58 Å². The summed E-state index contributed by atoms with van der Waals surface area (Å²) < 4.78 is 129. The van der Waals surface area contributed by atoms with Gasteiger partial charge in [0.05, 0.1) is 0 Å². The lowest BCUT2D eigenvalue weighted by molar-refractivity contribution is -0.286. The van der Waals surface area contributed by atoms with Gasteiger partial charge < -0.3 is 0 Å². The van der Waals surface area contributed by atoms with Gasteiger partial charge in [0.2, 0.25) is 0 Å². The monoisotopic (exact) mass is 635 g/mol. The summed E-state index contributed by atoms with van der Waals surface area (Å²) in [5, 5.41) is 7.91. The third-order valence-corrected chi connectivity index (χ3v) is 6.53. The second-order valence-corrected chi connectivity index (χ2v) is 8.33. The van der Waals surface area contributed by atoms with Crippen LogP contribution in [-0.2, 0) is 0 Å². The van der Waals surface area contributed by atoms with Gasteiger partial charge in [0, 0.05) is 0 Å². The van der Waals surface area contributed by atoms with Gasteiger partial charge in [0.15, 0.2) is 0 Å². The summed E-state index contributed by atoms with van der Waals surface area (Å²) in [5.74, 6) is -19.1. The molecule has 3 atom stereocenters. The minimum atomic E-state index is -6.66. The normalized spacial score (nSPS) is 22.1. The molecule has 0 saturated heterocycles. The SMILES string of the molecule is N#CC(F)(F)[C@](F)(Br)C(F)(F)[C@](F)(Br)C(F)(F)[C@](F)(Br)C(F)(F)Br. The van der Waals surface area contributed by atoms with Crippen molar-refractivity contribution in [2.45, 2.75) is 36.3 Å². The molecule has 0 bridgehead atoms. The molecular weight excluding hydrogens is 639 g/mol. The molecule has 0 unspecified atom stereocenters. The highest BCUT2D eigenvalue weighted by Gasteiger charge is 2.88. The number of rotatable bonds is 6. The van der Waals surface area contributed by atoms with Gasteiger partial charge in [0.1, 0.15) is 6.07 Å². The highest BCUT2D eigenvalue weighted by Crippen LogP contribution is 2.66. The van der Waals surface area contributed by atoms with Crippen molar-refractivity contribution in [1.82, 2.24) is 0 Å². The maximum absolute atomic E-state index is 13.9. The topological polar surface area (TPSA) is 23.8 Å². The quantitative estimate of drug-likeness (QED) is 0.238. The molecule has 0 amide bonds. The predicted molar refractivity (Wildman–Crippen MR) is 72.6 cm³/mol. The highest BCUT2D eigenvalue weighted by molar-refractivity contribution is 9.13. The van der Waals surface area contributed by atoms with Crippen LogP contribution in [0.5, 0.6) is 0 Å². The Kier molecular flexibility index (Phi) is 6.53. The summed E-state index contributed by atoms with van der Waals surface area (Å²) >= 11 is 3.71. The second kappa shape index (κ2) is 6.36. The van der Waals surface area contributed by atoms with E-state index in [1.807, 2.05) is 0 Å². The van der Waals surface area contributed by atoms with Crippen LogP contribution in [0.1, 0.15) is 0 Å². The molecule has 142 valence electrons. The molecular formula is C8Br4F11N. The van der Waals surface area contributed by atoms with Crippen molar-refractivity contribution in [2.75, 3.05) is 0 Å². The van der Waals surface area contributed by atoms with E-state index in [1.54, 1.807) is 0 Å². The van der Waals surface area contributed by atoms with Crippen LogP contribution < -0.4 is 0 Å². The average molecular weight is 639 g/mol. The first-order valence-corrected chi connectivity index (χ1v) is 7.98. The molecule has 0 spiro atoms. The first kappa shape index (κ1) is 24.6. The summed E-state index contributed by atoms with van der Waals surface area (Å²) in [4.78, 5) is -5.42. The Bertz CT molecular complexity index is 533. The molecule has 0 N–H and O–H groups in total. The summed E-state index contributed by atoms with van der Waals surface area (Å²) in [6.45, 7) is 0. The van der Waals surface area contributed by atoms with Crippen LogP contribution in [0.25, 0.3) is 0 Å². The predicted octanol–water partition coefficient (Wildman–Crippen LogP) is 6.59. The van der Waals surface area contributed by atoms with Crippen molar-refractivity contribution < 1.29 is 48.3 Å². The van der Waals surface area contributed by atoms with Crippen LogP contribution in [0.3, 0.4) is 0 Å². The molecule has 0 aromatic rings. The first-order chi connectivity index (χ1) is 10.1. The molecule has 0 aliphatic rings. The molecule has 0 saturated carbocycles. The lowest BCUT2D eigenvalue weighted by Gasteiger charge is -2.44. The van der Waals surface area contributed by atoms with Crippen molar-refractivity contribution in [3.05, 3.63) is 0 Å². The third kappa shape index (κ3) is 3.19. The standard InChI is InChI=1S/C8Br4F11N/c9-3(15,2(13,14)1-24)6(18,19)4(10,16)7(20,21)5(11,17)8(12,22)23/t3-,4-,5-/m1/s1. The number of nitriles is 1. The van der Waals surface area contributed by atoms with Crippen molar-refractivity contribution in [3.63, 3.8) is 0 Å². The number of hydrogen-bond donors (Lipinski definition) is 0. The number of alkyl halides is 15. The van der Waals surface area contributed by atoms with E-state index in [1.165, 1.54) is 0 Å². The lowest BCUT2D eigenvalue weighted by Crippen LogP contribution is -2.70. The molecule has 0 aromatic carbocycles. The summed E-state index contributed by atoms with van der Waals surface area (Å²) in [7, 11) is 0. The zero-order valence-electron chi connectivity index (χ0n) is 10.1. The van der Waals surface area contributed by atoms with E-state index in [4.69, 9.17) is 5.26 Å². The summed E-state index contributed by atoms with van der Waals surface area (Å²) in [6.07, 6.45) is 0. The number of hydrogen-bond acceptors (Lipinski definition) is 1. The van der Waals surface area contributed by atoms with Crippen molar-refractivity contribution in [3.8, 4) is 6.07 Å². The third-order valence-electron chi connectivity index (χ3n) is 2.47. The Morgan fingerprint density at radius 3 is 1.08 bits per heavy atom. The van der Waals surface area contributed by atoms with E-state index >= 15 is 0 Å². The van der Waals surface area contributed by atoms with Gasteiger partial charge in [-0.25, -0.2) is 13.2 Å². The minimum Gasteiger partial charge on any atom is -0.217 e. The Morgan fingerprint density at radius 1 is 0.542 bits per heavy atom. The maximum Gasteiger partial charge on any atom is 0.381 e. The van der Waals surface area contributed by atoms with Gasteiger partial charge >= 0.3 is 31.8 Å². The number of halogens is 15. The van der Waals surface area contributed by atoms with Crippen LogP contribution >= 0.6 is 63.7 Å². The molecule has 0 radical (unpaired) electrons. The van der Waals surface area contributed by atoms with Gasteiger partial charge in [-0.3, -0.25) is 0 Å². The molecule has 0 rings (SSSR count). The molecule has 1 nitrogen and oxygen atoms in total. The van der Waals surface area contributed by atoms with Crippen LogP contribution in [0, 0.1) is 11.3 Å². The van der Waals surface area contributed by atoms with E-state index in [0.717, 1.165) is 63.7 Å². The van der Waals surface area contributed by atoms with Gasteiger partial charge in [-0.1, -0.05) is 0 Å².